The first kappa shape index (κ1) is 23.3. The highest BCUT2D eigenvalue weighted by molar-refractivity contribution is 6.33. The average molecular weight is 516 g/mol. The van der Waals surface area contributed by atoms with Gasteiger partial charge < -0.3 is 14.4 Å². The van der Waals surface area contributed by atoms with Gasteiger partial charge >= 0.3 is 0 Å². The molecule has 37 heavy (non-hydrogen) atoms. The summed E-state index contributed by atoms with van der Waals surface area (Å²) in [4.78, 5) is 34.5. The van der Waals surface area contributed by atoms with Gasteiger partial charge in [-0.25, -0.2) is 19.3 Å². The summed E-state index contributed by atoms with van der Waals surface area (Å²) in [5.74, 6) is 0.952. The van der Waals surface area contributed by atoms with Crippen LogP contribution in [0, 0.1) is 5.82 Å². The molecule has 0 saturated carbocycles. The van der Waals surface area contributed by atoms with Gasteiger partial charge in [-0.1, -0.05) is 17.7 Å². The predicted octanol–water partition coefficient (Wildman–Crippen LogP) is 4.71. The third-order valence-electron chi connectivity index (χ3n) is 6.84. The van der Waals surface area contributed by atoms with Crippen molar-refractivity contribution in [2.24, 2.45) is 7.05 Å². The van der Waals surface area contributed by atoms with Gasteiger partial charge in [-0.3, -0.25) is 9.78 Å². The third kappa shape index (κ3) is 4.05. The van der Waals surface area contributed by atoms with Crippen LogP contribution in [-0.2, 0) is 11.8 Å². The maximum Gasteiger partial charge on any atom is 0.219 e. The highest BCUT2D eigenvalue weighted by Gasteiger charge is 2.21. The second-order valence-corrected chi connectivity index (χ2v) is 9.45. The molecule has 8 nitrogen and oxygen atoms in total. The van der Waals surface area contributed by atoms with E-state index >= 15 is 0 Å². The lowest BCUT2D eigenvalue weighted by atomic mass is 10.2. The van der Waals surface area contributed by atoms with Crippen molar-refractivity contribution < 1.29 is 9.18 Å². The largest absolute Gasteiger partial charge is 0.353 e. The van der Waals surface area contributed by atoms with E-state index in [1.54, 1.807) is 31.5 Å². The number of carbonyl (C=O) groups is 1. The van der Waals surface area contributed by atoms with E-state index in [0.29, 0.717) is 46.2 Å². The number of anilines is 1. The molecule has 1 amide bonds. The second-order valence-electron chi connectivity index (χ2n) is 9.05. The molecule has 0 bridgehead atoms. The highest BCUT2D eigenvalue weighted by Crippen LogP contribution is 2.34. The van der Waals surface area contributed by atoms with E-state index in [2.05, 4.69) is 14.9 Å². The van der Waals surface area contributed by atoms with Gasteiger partial charge in [0.25, 0.3) is 0 Å². The highest BCUT2D eigenvalue weighted by atomic mass is 35.5. The van der Waals surface area contributed by atoms with E-state index in [1.165, 1.54) is 6.07 Å². The Morgan fingerprint density at radius 3 is 2.46 bits per heavy atom. The monoisotopic (exact) mass is 515 g/mol. The average Bonchev–Trinajstić information content (AvgIpc) is 3.25. The van der Waals surface area contributed by atoms with Crippen molar-refractivity contribution in [3.63, 3.8) is 0 Å². The fourth-order valence-corrected chi connectivity index (χ4v) is 5.03. The maximum atomic E-state index is 14.7. The lowest BCUT2D eigenvalue weighted by molar-refractivity contribution is -0.129. The van der Waals surface area contributed by atoms with Gasteiger partial charge in [0.05, 0.1) is 33.5 Å². The van der Waals surface area contributed by atoms with Gasteiger partial charge in [0.1, 0.15) is 28.5 Å². The minimum absolute atomic E-state index is 0.101. The summed E-state index contributed by atoms with van der Waals surface area (Å²) >= 11 is 6.33. The lowest BCUT2D eigenvalue weighted by Gasteiger charge is -2.34. The number of halogens is 2. The van der Waals surface area contributed by atoms with Crippen molar-refractivity contribution in [2.75, 3.05) is 31.1 Å². The van der Waals surface area contributed by atoms with E-state index in [1.807, 2.05) is 40.8 Å². The predicted molar refractivity (Wildman–Crippen MR) is 142 cm³/mol. The summed E-state index contributed by atoms with van der Waals surface area (Å²) in [6.07, 6.45) is 3.50. The number of piperazine rings is 1. The van der Waals surface area contributed by atoms with Crippen LogP contribution in [0.1, 0.15) is 6.92 Å². The summed E-state index contributed by atoms with van der Waals surface area (Å²) in [7, 11) is 1.83. The molecule has 10 heteroatoms. The van der Waals surface area contributed by atoms with Crippen LogP contribution in [0.3, 0.4) is 0 Å². The molecular formula is C27H23ClFN7O. The van der Waals surface area contributed by atoms with Gasteiger partial charge in [0.15, 0.2) is 0 Å². The summed E-state index contributed by atoms with van der Waals surface area (Å²) in [6, 6.07) is 12.3. The van der Waals surface area contributed by atoms with Crippen LogP contribution >= 0.6 is 11.6 Å². The number of hydrogen-bond acceptors (Lipinski definition) is 6. The Morgan fingerprint density at radius 1 is 0.946 bits per heavy atom. The number of imidazole rings is 1. The fraction of sp³-hybridized carbons (Fsp3) is 0.222. The molecule has 6 rings (SSSR count). The van der Waals surface area contributed by atoms with Crippen LogP contribution in [0.4, 0.5) is 10.2 Å². The molecule has 4 heterocycles. The number of aryl methyl sites for hydroxylation is 1. The van der Waals surface area contributed by atoms with Gasteiger partial charge in [0.2, 0.25) is 5.91 Å². The normalized spacial score (nSPS) is 14.1. The number of pyridine rings is 1. The molecule has 0 aliphatic carbocycles. The van der Waals surface area contributed by atoms with Crippen molar-refractivity contribution >= 4 is 45.4 Å². The smallest absolute Gasteiger partial charge is 0.219 e. The van der Waals surface area contributed by atoms with E-state index in [4.69, 9.17) is 21.6 Å². The summed E-state index contributed by atoms with van der Waals surface area (Å²) < 4.78 is 16.5. The Bertz CT molecular complexity index is 1640. The first-order chi connectivity index (χ1) is 17.9. The standard InChI is InChI=1S/C27H23ClFN7O/c1-16(37)35-10-12-36(13-11-35)23-9-6-17(14-31-23)21-15-30-20-7-8-22-26(25(20)32-21)33-27(34(22)2)24-18(28)4-3-5-19(24)29/h3-9,14-15H,10-13H2,1-2H3. The molecule has 0 atom stereocenters. The zero-order valence-corrected chi connectivity index (χ0v) is 21.1. The van der Waals surface area contributed by atoms with Crippen LogP contribution in [0.2, 0.25) is 5.02 Å². The van der Waals surface area contributed by atoms with Gasteiger partial charge in [0, 0.05) is 51.9 Å². The Hall–Kier alpha value is -4.11. The molecule has 1 saturated heterocycles. The molecule has 5 aromatic rings. The van der Waals surface area contributed by atoms with E-state index < -0.39 is 5.82 Å². The summed E-state index contributed by atoms with van der Waals surface area (Å²) in [5, 5.41) is 0.295. The van der Waals surface area contributed by atoms with Crippen molar-refractivity contribution in [3.05, 3.63) is 65.7 Å². The van der Waals surface area contributed by atoms with Crippen LogP contribution in [0.5, 0.6) is 0 Å². The molecule has 0 radical (unpaired) electrons. The van der Waals surface area contributed by atoms with Gasteiger partial charge in [-0.05, 0) is 36.4 Å². The van der Waals surface area contributed by atoms with Crippen molar-refractivity contribution in [3.8, 4) is 22.6 Å². The summed E-state index contributed by atoms with van der Waals surface area (Å²) in [5.41, 5.74) is 4.47. The summed E-state index contributed by atoms with van der Waals surface area (Å²) in [6.45, 7) is 4.47. The number of rotatable bonds is 3. The van der Waals surface area contributed by atoms with Crippen molar-refractivity contribution in [1.29, 1.82) is 0 Å². The number of carbonyl (C=O) groups excluding carboxylic acids is 1. The molecule has 186 valence electrons. The molecule has 0 N–H and O–H groups in total. The van der Waals surface area contributed by atoms with Crippen LogP contribution in [0.25, 0.3) is 44.7 Å². The van der Waals surface area contributed by atoms with Gasteiger partial charge in [-0.2, -0.15) is 0 Å². The lowest BCUT2D eigenvalue weighted by Crippen LogP contribution is -2.48. The van der Waals surface area contributed by atoms with E-state index in [-0.39, 0.29) is 11.5 Å². The Labute approximate surface area is 217 Å². The third-order valence-corrected chi connectivity index (χ3v) is 7.16. The van der Waals surface area contributed by atoms with Gasteiger partial charge in [-0.15, -0.1) is 0 Å². The zero-order chi connectivity index (χ0) is 25.7. The van der Waals surface area contributed by atoms with Crippen LogP contribution in [0.15, 0.2) is 54.9 Å². The molecule has 0 unspecified atom stereocenters. The minimum Gasteiger partial charge on any atom is -0.353 e. The maximum absolute atomic E-state index is 14.7. The Balaban J connectivity index is 1.36. The molecule has 1 fully saturated rings. The van der Waals surface area contributed by atoms with E-state index in [9.17, 15) is 9.18 Å². The number of hydrogen-bond donors (Lipinski definition) is 0. The molecule has 1 aliphatic rings. The molecular weight excluding hydrogens is 493 g/mol. The number of aromatic nitrogens is 5. The molecule has 1 aliphatic heterocycles. The van der Waals surface area contributed by atoms with Crippen molar-refractivity contribution in [1.82, 2.24) is 29.4 Å². The number of benzene rings is 2. The molecule has 0 spiro atoms. The molecule has 2 aromatic carbocycles. The number of fused-ring (bicyclic) bond motifs is 3. The Morgan fingerprint density at radius 2 is 1.76 bits per heavy atom. The minimum atomic E-state index is -0.434. The SMILES string of the molecule is CC(=O)N1CCN(c2ccc(-c3cnc4ccc5c(nc(-c6c(F)cccc6Cl)n5C)c4n3)cn2)CC1. The van der Waals surface area contributed by atoms with Crippen molar-refractivity contribution in [2.45, 2.75) is 6.92 Å². The number of amides is 1. The van der Waals surface area contributed by atoms with Crippen LogP contribution < -0.4 is 4.90 Å². The molecule has 3 aromatic heterocycles. The second kappa shape index (κ2) is 9.08. The number of nitrogens with zero attached hydrogens (tertiary/aromatic N) is 7. The first-order valence-electron chi connectivity index (χ1n) is 11.9. The topological polar surface area (TPSA) is 80.0 Å². The fourth-order valence-electron chi connectivity index (χ4n) is 4.78. The Kier molecular flexibility index (Phi) is 5.72. The zero-order valence-electron chi connectivity index (χ0n) is 20.3. The first-order valence-corrected chi connectivity index (χ1v) is 12.3. The van der Waals surface area contributed by atoms with E-state index in [0.717, 1.165) is 30.0 Å². The van der Waals surface area contributed by atoms with Crippen LogP contribution in [-0.4, -0.2) is 61.5 Å². The quantitative estimate of drug-likeness (QED) is 0.346.